The van der Waals surface area contributed by atoms with Gasteiger partial charge in [-0.15, -0.1) is 0 Å². The van der Waals surface area contributed by atoms with E-state index in [2.05, 4.69) is 15.4 Å². The molecule has 0 aliphatic rings. The summed E-state index contributed by atoms with van der Waals surface area (Å²) in [5.74, 6) is -0.610. The SMILES string of the molecule is COc1ccc(C(C)NC(=O)c2cnn3c(C)cc(C)nc23)cc1F. The molecule has 1 unspecified atom stereocenters. The van der Waals surface area contributed by atoms with E-state index in [4.69, 9.17) is 4.74 Å². The van der Waals surface area contributed by atoms with E-state index in [9.17, 15) is 9.18 Å². The fourth-order valence-corrected chi connectivity index (χ4v) is 2.74. The minimum absolute atomic E-state index is 0.167. The molecule has 3 rings (SSSR count). The summed E-state index contributed by atoms with van der Waals surface area (Å²) in [5.41, 5.74) is 3.23. The van der Waals surface area contributed by atoms with Gasteiger partial charge >= 0.3 is 0 Å². The van der Waals surface area contributed by atoms with Crippen LogP contribution in [0.2, 0.25) is 0 Å². The van der Waals surface area contributed by atoms with Crippen molar-refractivity contribution in [1.29, 1.82) is 0 Å². The third-order valence-corrected chi connectivity index (χ3v) is 4.05. The molecule has 25 heavy (non-hydrogen) atoms. The number of fused-ring (bicyclic) bond motifs is 1. The number of carbonyl (C=O) groups excluding carboxylic acids is 1. The Bertz CT molecular complexity index is 952. The maximum atomic E-state index is 13.9. The average Bonchev–Trinajstić information content (AvgIpc) is 2.98. The molecule has 6 nitrogen and oxygen atoms in total. The van der Waals surface area contributed by atoms with Crippen molar-refractivity contribution in [3.63, 3.8) is 0 Å². The van der Waals surface area contributed by atoms with Gasteiger partial charge in [-0.25, -0.2) is 13.9 Å². The number of aromatic nitrogens is 3. The van der Waals surface area contributed by atoms with Crippen LogP contribution in [0.1, 0.15) is 40.3 Å². The minimum Gasteiger partial charge on any atom is -0.494 e. The fraction of sp³-hybridized carbons (Fsp3) is 0.278. The van der Waals surface area contributed by atoms with E-state index in [0.717, 1.165) is 11.4 Å². The third-order valence-electron chi connectivity index (χ3n) is 4.05. The second-order valence-electron chi connectivity index (χ2n) is 5.92. The molecule has 0 aliphatic heterocycles. The van der Waals surface area contributed by atoms with Crippen LogP contribution in [0.15, 0.2) is 30.5 Å². The number of amides is 1. The number of ether oxygens (including phenoxy) is 1. The van der Waals surface area contributed by atoms with Gasteiger partial charge in [0, 0.05) is 11.4 Å². The first kappa shape index (κ1) is 16.9. The van der Waals surface area contributed by atoms with E-state index in [1.54, 1.807) is 17.5 Å². The van der Waals surface area contributed by atoms with Gasteiger partial charge in [-0.1, -0.05) is 6.07 Å². The molecule has 2 aromatic heterocycles. The maximum Gasteiger partial charge on any atom is 0.257 e. The molecule has 0 saturated heterocycles. The molecule has 7 heteroatoms. The van der Waals surface area contributed by atoms with Gasteiger partial charge in [0.2, 0.25) is 0 Å². The van der Waals surface area contributed by atoms with Crippen molar-refractivity contribution in [2.24, 2.45) is 0 Å². The Morgan fingerprint density at radius 2 is 2.08 bits per heavy atom. The standard InChI is InChI=1S/C18H19FN4O2/c1-10-7-11(2)23-17(21-10)14(9-20-23)18(24)22-12(3)13-5-6-16(25-4)15(19)8-13/h5-9,12H,1-4H3,(H,22,24). The monoisotopic (exact) mass is 342 g/mol. The minimum atomic E-state index is -0.468. The molecule has 0 fully saturated rings. The molecule has 1 N–H and O–H groups in total. The van der Waals surface area contributed by atoms with E-state index in [0.29, 0.717) is 16.8 Å². The Morgan fingerprint density at radius 1 is 1.32 bits per heavy atom. The molecule has 130 valence electrons. The van der Waals surface area contributed by atoms with E-state index in [-0.39, 0.29) is 17.7 Å². The number of halogens is 1. The molecule has 2 heterocycles. The van der Waals surface area contributed by atoms with Gasteiger partial charge in [0.05, 0.1) is 19.3 Å². The number of hydrogen-bond donors (Lipinski definition) is 1. The molecule has 0 saturated carbocycles. The van der Waals surface area contributed by atoms with E-state index < -0.39 is 5.82 Å². The summed E-state index contributed by atoms with van der Waals surface area (Å²) < 4.78 is 20.4. The number of hydrogen-bond acceptors (Lipinski definition) is 4. The predicted octanol–water partition coefficient (Wildman–Crippen LogP) is 2.98. The topological polar surface area (TPSA) is 68.5 Å². The van der Waals surface area contributed by atoms with Gasteiger partial charge in [0.1, 0.15) is 5.56 Å². The van der Waals surface area contributed by atoms with Gasteiger partial charge in [0.25, 0.3) is 5.91 Å². The molecule has 0 spiro atoms. The number of benzene rings is 1. The van der Waals surface area contributed by atoms with Gasteiger partial charge in [-0.2, -0.15) is 5.10 Å². The first-order chi connectivity index (χ1) is 11.9. The van der Waals surface area contributed by atoms with Crippen LogP contribution >= 0.6 is 0 Å². The molecular formula is C18H19FN4O2. The zero-order valence-corrected chi connectivity index (χ0v) is 14.5. The van der Waals surface area contributed by atoms with Crippen LogP contribution in [0.3, 0.4) is 0 Å². The Balaban J connectivity index is 1.86. The highest BCUT2D eigenvalue weighted by Gasteiger charge is 2.18. The highest BCUT2D eigenvalue weighted by Crippen LogP contribution is 2.22. The average molecular weight is 342 g/mol. The van der Waals surface area contributed by atoms with Crippen LogP contribution in [0.5, 0.6) is 5.75 Å². The lowest BCUT2D eigenvalue weighted by Gasteiger charge is -2.15. The number of methoxy groups -OCH3 is 1. The molecule has 1 amide bonds. The summed E-state index contributed by atoms with van der Waals surface area (Å²) in [4.78, 5) is 17.0. The Morgan fingerprint density at radius 3 is 2.76 bits per heavy atom. The normalized spacial score (nSPS) is 12.2. The maximum absolute atomic E-state index is 13.9. The molecule has 3 aromatic rings. The van der Waals surface area contributed by atoms with E-state index >= 15 is 0 Å². The lowest BCUT2D eigenvalue weighted by atomic mass is 10.1. The van der Waals surface area contributed by atoms with Crippen molar-refractivity contribution < 1.29 is 13.9 Å². The van der Waals surface area contributed by atoms with Crippen molar-refractivity contribution in [3.8, 4) is 5.75 Å². The highest BCUT2D eigenvalue weighted by atomic mass is 19.1. The van der Waals surface area contributed by atoms with Crippen molar-refractivity contribution in [1.82, 2.24) is 19.9 Å². The second-order valence-corrected chi connectivity index (χ2v) is 5.92. The first-order valence-electron chi connectivity index (χ1n) is 7.87. The largest absolute Gasteiger partial charge is 0.494 e. The summed E-state index contributed by atoms with van der Waals surface area (Å²) in [6.45, 7) is 5.55. The van der Waals surface area contributed by atoms with E-state index in [1.165, 1.54) is 25.4 Å². The lowest BCUT2D eigenvalue weighted by molar-refractivity contribution is 0.0941. The summed E-state index contributed by atoms with van der Waals surface area (Å²) >= 11 is 0. The smallest absolute Gasteiger partial charge is 0.257 e. The Hall–Kier alpha value is -2.96. The third kappa shape index (κ3) is 3.17. The van der Waals surface area contributed by atoms with Crippen molar-refractivity contribution >= 4 is 11.6 Å². The second kappa shape index (κ2) is 6.51. The predicted molar refractivity (Wildman–Crippen MR) is 91.3 cm³/mol. The Kier molecular flexibility index (Phi) is 4.39. The zero-order valence-electron chi connectivity index (χ0n) is 14.5. The van der Waals surface area contributed by atoms with Crippen LogP contribution in [-0.2, 0) is 0 Å². The van der Waals surface area contributed by atoms with Crippen LogP contribution in [0, 0.1) is 19.7 Å². The van der Waals surface area contributed by atoms with Gasteiger partial charge in [0.15, 0.2) is 17.2 Å². The summed E-state index contributed by atoms with van der Waals surface area (Å²) in [6.07, 6.45) is 1.49. The summed E-state index contributed by atoms with van der Waals surface area (Å²) in [7, 11) is 1.41. The van der Waals surface area contributed by atoms with Gasteiger partial charge in [-0.05, 0) is 44.5 Å². The summed E-state index contributed by atoms with van der Waals surface area (Å²) in [5, 5.41) is 7.07. The molecule has 1 atom stereocenters. The van der Waals surface area contributed by atoms with Crippen molar-refractivity contribution in [2.75, 3.05) is 7.11 Å². The highest BCUT2D eigenvalue weighted by molar-refractivity contribution is 5.99. The van der Waals surface area contributed by atoms with E-state index in [1.807, 2.05) is 19.9 Å². The van der Waals surface area contributed by atoms with Crippen molar-refractivity contribution in [2.45, 2.75) is 26.8 Å². The molecular weight excluding hydrogens is 323 g/mol. The van der Waals surface area contributed by atoms with Gasteiger partial charge < -0.3 is 10.1 Å². The molecule has 0 radical (unpaired) electrons. The summed E-state index contributed by atoms with van der Waals surface area (Å²) in [6, 6.07) is 6.12. The van der Waals surface area contributed by atoms with Crippen LogP contribution in [-0.4, -0.2) is 27.6 Å². The Labute approximate surface area is 144 Å². The molecule has 1 aromatic carbocycles. The van der Waals surface area contributed by atoms with Crippen LogP contribution in [0.25, 0.3) is 5.65 Å². The quantitative estimate of drug-likeness (QED) is 0.791. The number of aryl methyl sites for hydroxylation is 2. The lowest BCUT2D eigenvalue weighted by Crippen LogP contribution is -2.26. The number of nitrogens with one attached hydrogen (secondary N) is 1. The number of rotatable bonds is 4. The molecule has 0 aliphatic carbocycles. The number of carbonyl (C=O) groups is 1. The first-order valence-corrected chi connectivity index (χ1v) is 7.87. The van der Waals surface area contributed by atoms with Crippen LogP contribution < -0.4 is 10.1 Å². The number of nitrogens with zero attached hydrogens (tertiary/aromatic N) is 3. The zero-order chi connectivity index (χ0) is 18.1. The fourth-order valence-electron chi connectivity index (χ4n) is 2.74. The molecule has 0 bridgehead atoms. The van der Waals surface area contributed by atoms with Gasteiger partial charge in [-0.3, -0.25) is 4.79 Å². The van der Waals surface area contributed by atoms with Crippen LogP contribution in [0.4, 0.5) is 4.39 Å². The van der Waals surface area contributed by atoms with Crippen molar-refractivity contribution in [3.05, 3.63) is 58.8 Å².